The number of anilines is 1. The predicted molar refractivity (Wildman–Crippen MR) is 105 cm³/mol. The molecule has 6 heteroatoms. The van der Waals surface area contributed by atoms with E-state index in [-0.39, 0.29) is 17.7 Å². The van der Waals surface area contributed by atoms with Gasteiger partial charge in [0.1, 0.15) is 5.75 Å². The highest BCUT2D eigenvalue weighted by molar-refractivity contribution is 6.31. The minimum absolute atomic E-state index is 0.00973. The third-order valence-corrected chi connectivity index (χ3v) is 5.05. The van der Waals surface area contributed by atoms with Gasteiger partial charge >= 0.3 is 0 Å². The molecule has 0 aromatic heterocycles. The van der Waals surface area contributed by atoms with Gasteiger partial charge in [0.2, 0.25) is 5.91 Å². The Bertz CT molecular complexity index is 743. The van der Waals surface area contributed by atoms with Gasteiger partial charge in [-0.2, -0.15) is 0 Å². The molecule has 1 amide bonds. The van der Waals surface area contributed by atoms with E-state index in [1.807, 2.05) is 43.3 Å². The van der Waals surface area contributed by atoms with Gasteiger partial charge in [-0.15, -0.1) is 0 Å². The molecule has 5 nitrogen and oxygen atoms in total. The normalized spacial score (nSPS) is 16.3. The van der Waals surface area contributed by atoms with Gasteiger partial charge in [-0.3, -0.25) is 9.69 Å². The van der Waals surface area contributed by atoms with Crippen LogP contribution in [0.25, 0.3) is 0 Å². The van der Waals surface area contributed by atoms with Gasteiger partial charge in [-0.05, 0) is 42.8 Å². The fourth-order valence-corrected chi connectivity index (χ4v) is 3.52. The first-order chi connectivity index (χ1) is 12.5. The minimum Gasteiger partial charge on any atom is -0.508 e. The van der Waals surface area contributed by atoms with Crippen LogP contribution in [0.15, 0.2) is 48.5 Å². The van der Waals surface area contributed by atoms with E-state index >= 15 is 0 Å². The Balaban J connectivity index is 1.47. The highest BCUT2D eigenvalue weighted by Gasteiger charge is 2.20. The van der Waals surface area contributed by atoms with Gasteiger partial charge in [0.05, 0.1) is 12.6 Å². The van der Waals surface area contributed by atoms with Crippen LogP contribution < -0.4 is 10.2 Å². The van der Waals surface area contributed by atoms with Crippen LogP contribution in [0.1, 0.15) is 18.5 Å². The summed E-state index contributed by atoms with van der Waals surface area (Å²) in [6, 6.07) is 14.7. The molecular formula is C20H24ClN3O2. The quantitative estimate of drug-likeness (QED) is 0.845. The zero-order chi connectivity index (χ0) is 18.5. The smallest absolute Gasteiger partial charge is 0.234 e. The average Bonchev–Trinajstić information content (AvgIpc) is 2.63. The van der Waals surface area contributed by atoms with E-state index in [0.717, 1.165) is 37.4 Å². The molecule has 0 bridgehead atoms. The third kappa shape index (κ3) is 4.68. The average molecular weight is 374 g/mol. The van der Waals surface area contributed by atoms with Crippen molar-refractivity contribution in [2.75, 3.05) is 37.6 Å². The fourth-order valence-electron chi connectivity index (χ4n) is 3.22. The van der Waals surface area contributed by atoms with Crippen LogP contribution in [-0.2, 0) is 4.79 Å². The molecule has 2 N–H and O–H groups in total. The van der Waals surface area contributed by atoms with Crippen molar-refractivity contribution in [3.05, 3.63) is 59.1 Å². The maximum absolute atomic E-state index is 12.4. The summed E-state index contributed by atoms with van der Waals surface area (Å²) >= 11 is 6.20. The number of rotatable bonds is 5. The molecule has 1 atom stereocenters. The lowest BCUT2D eigenvalue weighted by Gasteiger charge is -2.35. The van der Waals surface area contributed by atoms with Gasteiger partial charge in [-0.1, -0.05) is 29.8 Å². The molecule has 26 heavy (non-hydrogen) atoms. The number of aromatic hydroxyl groups is 1. The summed E-state index contributed by atoms with van der Waals surface area (Å²) in [4.78, 5) is 16.8. The third-order valence-electron chi connectivity index (χ3n) is 4.70. The molecule has 1 aliphatic rings. The van der Waals surface area contributed by atoms with Crippen molar-refractivity contribution in [3.63, 3.8) is 0 Å². The second-order valence-corrected chi connectivity index (χ2v) is 7.00. The number of nitrogens with one attached hydrogen (secondary N) is 1. The highest BCUT2D eigenvalue weighted by Crippen LogP contribution is 2.22. The first-order valence-corrected chi connectivity index (χ1v) is 9.21. The molecule has 1 saturated heterocycles. The van der Waals surface area contributed by atoms with Gasteiger partial charge in [0, 0.05) is 36.9 Å². The molecule has 0 radical (unpaired) electrons. The van der Waals surface area contributed by atoms with Crippen LogP contribution in [0.5, 0.6) is 5.75 Å². The van der Waals surface area contributed by atoms with Crippen molar-refractivity contribution < 1.29 is 9.90 Å². The van der Waals surface area contributed by atoms with Crippen LogP contribution in [0, 0.1) is 0 Å². The molecule has 1 heterocycles. The lowest BCUT2D eigenvalue weighted by atomic mass is 10.1. The van der Waals surface area contributed by atoms with Gasteiger partial charge in [0.15, 0.2) is 0 Å². The summed E-state index contributed by atoms with van der Waals surface area (Å²) in [6.07, 6.45) is 0. The number of nitrogens with zero attached hydrogens (tertiary/aromatic N) is 2. The highest BCUT2D eigenvalue weighted by atomic mass is 35.5. The number of carbonyl (C=O) groups excluding carboxylic acids is 1. The zero-order valence-electron chi connectivity index (χ0n) is 14.9. The number of halogens is 1. The lowest BCUT2D eigenvalue weighted by molar-refractivity contribution is -0.123. The van der Waals surface area contributed by atoms with E-state index in [9.17, 15) is 9.90 Å². The first kappa shape index (κ1) is 18.5. The van der Waals surface area contributed by atoms with Crippen molar-refractivity contribution in [2.24, 2.45) is 0 Å². The summed E-state index contributed by atoms with van der Waals surface area (Å²) in [5, 5.41) is 13.1. The second-order valence-electron chi connectivity index (χ2n) is 6.59. The number of phenols is 1. The van der Waals surface area contributed by atoms with Crippen LogP contribution in [0.4, 0.5) is 5.69 Å². The standard InChI is InChI=1S/C20H24ClN3O2/c1-15(18-4-2-3-5-19(18)21)22-20(26)14-23-10-12-24(13-11-23)16-6-8-17(25)9-7-16/h2-9,15,25H,10-14H2,1H3,(H,22,26). The lowest BCUT2D eigenvalue weighted by Crippen LogP contribution is -2.49. The van der Waals surface area contributed by atoms with Crippen molar-refractivity contribution >= 4 is 23.2 Å². The number of phenolic OH excluding ortho intramolecular Hbond substituents is 1. The van der Waals surface area contributed by atoms with E-state index in [1.54, 1.807) is 12.1 Å². The Morgan fingerprint density at radius 3 is 2.42 bits per heavy atom. The molecule has 3 rings (SSSR count). The van der Waals surface area contributed by atoms with Crippen LogP contribution in [-0.4, -0.2) is 48.6 Å². The minimum atomic E-state index is -0.116. The van der Waals surface area contributed by atoms with E-state index in [0.29, 0.717) is 11.6 Å². The summed E-state index contributed by atoms with van der Waals surface area (Å²) in [6.45, 7) is 5.71. The molecule has 0 aliphatic carbocycles. The van der Waals surface area contributed by atoms with Crippen molar-refractivity contribution in [1.82, 2.24) is 10.2 Å². The van der Waals surface area contributed by atoms with Crippen molar-refractivity contribution in [2.45, 2.75) is 13.0 Å². The van der Waals surface area contributed by atoms with E-state index in [1.165, 1.54) is 0 Å². The Kier molecular flexibility index (Phi) is 6.01. The van der Waals surface area contributed by atoms with E-state index in [4.69, 9.17) is 11.6 Å². The van der Waals surface area contributed by atoms with Gasteiger partial charge in [-0.25, -0.2) is 0 Å². The number of piperazine rings is 1. The number of carbonyl (C=O) groups is 1. The Morgan fingerprint density at radius 1 is 1.12 bits per heavy atom. The second kappa shape index (κ2) is 8.43. The van der Waals surface area contributed by atoms with Crippen LogP contribution in [0.3, 0.4) is 0 Å². The Morgan fingerprint density at radius 2 is 1.77 bits per heavy atom. The molecular weight excluding hydrogens is 350 g/mol. The molecule has 2 aromatic rings. The monoisotopic (exact) mass is 373 g/mol. The SMILES string of the molecule is CC(NC(=O)CN1CCN(c2ccc(O)cc2)CC1)c1ccccc1Cl. The zero-order valence-corrected chi connectivity index (χ0v) is 15.6. The fraction of sp³-hybridized carbons (Fsp3) is 0.350. The van der Waals surface area contributed by atoms with Crippen LogP contribution in [0.2, 0.25) is 5.02 Å². The maximum atomic E-state index is 12.4. The molecule has 0 saturated carbocycles. The topological polar surface area (TPSA) is 55.8 Å². The number of hydrogen-bond donors (Lipinski definition) is 2. The van der Waals surface area contributed by atoms with Crippen molar-refractivity contribution in [1.29, 1.82) is 0 Å². The summed E-state index contributed by atoms with van der Waals surface area (Å²) < 4.78 is 0. The maximum Gasteiger partial charge on any atom is 0.234 e. The Hall–Kier alpha value is -2.24. The molecule has 1 unspecified atom stereocenters. The number of amides is 1. The molecule has 138 valence electrons. The summed E-state index contributed by atoms with van der Waals surface area (Å²) in [5.74, 6) is 0.284. The molecule has 1 aliphatic heterocycles. The van der Waals surface area contributed by atoms with E-state index < -0.39 is 0 Å². The largest absolute Gasteiger partial charge is 0.508 e. The first-order valence-electron chi connectivity index (χ1n) is 8.83. The van der Waals surface area contributed by atoms with Gasteiger partial charge < -0.3 is 15.3 Å². The Labute approximate surface area is 159 Å². The number of benzene rings is 2. The van der Waals surface area contributed by atoms with Gasteiger partial charge in [0.25, 0.3) is 0 Å². The molecule has 1 fully saturated rings. The van der Waals surface area contributed by atoms with E-state index in [2.05, 4.69) is 15.1 Å². The summed E-state index contributed by atoms with van der Waals surface area (Å²) in [7, 11) is 0. The van der Waals surface area contributed by atoms with Crippen molar-refractivity contribution in [3.8, 4) is 5.75 Å². The van der Waals surface area contributed by atoms with Crippen LogP contribution >= 0.6 is 11.6 Å². The number of hydrogen-bond acceptors (Lipinski definition) is 4. The predicted octanol–water partition coefficient (Wildman–Crippen LogP) is 3.05. The summed E-state index contributed by atoms with van der Waals surface area (Å²) in [5.41, 5.74) is 2.03. The molecule has 2 aromatic carbocycles. The molecule has 0 spiro atoms.